The van der Waals surface area contributed by atoms with Gasteiger partial charge in [-0.05, 0) is 6.08 Å². The Hall–Kier alpha value is -1.13. The topological polar surface area (TPSA) is 77.8 Å². The molecule has 0 aromatic carbocycles. The first-order valence-electron chi connectivity index (χ1n) is 3.07. The van der Waals surface area contributed by atoms with Gasteiger partial charge in [0.25, 0.3) is 0 Å². The number of aliphatic hydroxyl groups is 2. The van der Waals surface area contributed by atoms with Crippen LogP contribution in [0.2, 0.25) is 0 Å². The Labute approximate surface area is 63.1 Å². The van der Waals surface area contributed by atoms with Crippen molar-refractivity contribution in [3.63, 3.8) is 0 Å². The second-order valence-electron chi connectivity index (χ2n) is 2.32. The predicted molar refractivity (Wildman–Crippen MR) is 36.9 cm³/mol. The Bertz CT molecular complexity index is 231. The minimum atomic E-state index is -2.16. The lowest BCUT2D eigenvalue weighted by molar-refractivity contribution is -0.160. The van der Waals surface area contributed by atoms with Gasteiger partial charge < -0.3 is 15.3 Å². The van der Waals surface area contributed by atoms with Crippen molar-refractivity contribution in [1.29, 1.82) is 0 Å². The minimum absolute atomic E-state index is 1.04. The van der Waals surface area contributed by atoms with E-state index in [0.29, 0.717) is 0 Å². The van der Waals surface area contributed by atoms with Crippen LogP contribution in [0.1, 0.15) is 0 Å². The summed E-state index contributed by atoms with van der Waals surface area (Å²) in [4.78, 5) is 10.4. The molecular formula is C7H8O4. The number of allylic oxidation sites excluding steroid dienone is 2. The fraction of sp³-hybridized carbons (Fsp3) is 0.286. The molecule has 0 fully saturated rings. The number of aliphatic hydroxyl groups excluding tert-OH is 1. The monoisotopic (exact) mass is 156 g/mol. The molecule has 1 aliphatic carbocycles. The lowest BCUT2D eigenvalue weighted by atomic mass is 9.93. The predicted octanol–water partition coefficient (Wildman–Crippen LogP) is -0.711. The van der Waals surface area contributed by atoms with Crippen molar-refractivity contribution in [1.82, 2.24) is 0 Å². The SMILES string of the molecule is O=C(O)[C@]1(O)C=CC=C[C@H]1O. The summed E-state index contributed by atoms with van der Waals surface area (Å²) in [5, 5.41) is 26.7. The first kappa shape index (κ1) is 7.97. The van der Waals surface area contributed by atoms with Gasteiger partial charge in [0.2, 0.25) is 5.60 Å². The van der Waals surface area contributed by atoms with E-state index in [0.717, 1.165) is 6.08 Å². The first-order chi connectivity index (χ1) is 5.07. The van der Waals surface area contributed by atoms with E-state index in [1.165, 1.54) is 18.2 Å². The number of carbonyl (C=O) groups is 1. The lowest BCUT2D eigenvalue weighted by Crippen LogP contribution is -2.47. The quantitative estimate of drug-likeness (QED) is 0.468. The molecule has 0 aromatic heterocycles. The number of carboxylic acid groups (broad SMARTS) is 1. The molecule has 0 aromatic rings. The third-order valence-corrected chi connectivity index (χ3v) is 1.55. The molecule has 0 unspecified atom stereocenters. The van der Waals surface area contributed by atoms with Crippen LogP contribution in [0.25, 0.3) is 0 Å². The fourth-order valence-corrected chi connectivity index (χ4v) is 0.815. The Morgan fingerprint density at radius 2 is 2.09 bits per heavy atom. The molecule has 0 heterocycles. The smallest absolute Gasteiger partial charge is 0.342 e. The summed E-state index contributed by atoms with van der Waals surface area (Å²) < 4.78 is 0. The average molecular weight is 156 g/mol. The highest BCUT2D eigenvalue weighted by Crippen LogP contribution is 2.17. The molecule has 11 heavy (non-hydrogen) atoms. The highest BCUT2D eigenvalue weighted by atomic mass is 16.4. The molecule has 2 atom stereocenters. The van der Waals surface area contributed by atoms with Crippen LogP contribution in [-0.4, -0.2) is 33.0 Å². The second kappa shape index (κ2) is 2.48. The zero-order valence-electron chi connectivity index (χ0n) is 5.64. The summed E-state index contributed by atoms with van der Waals surface area (Å²) >= 11 is 0. The molecule has 0 bridgehead atoms. The van der Waals surface area contributed by atoms with Crippen LogP contribution in [0.15, 0.2) is 24.3 Å². The molecule has 0 radical (unpaired) electrons. The van der Waals surface area contributed by atoms with E-state index < -0.39 is 17.7 Å². The van der Waals surface area contributed by atoms with Crippen LogP contribution in [0.3, 0.4) is 0 Å². The summed E-state index contributed by atoms with van der Waals surface area (Å²) in [7, 11) is 0. The summed E-state index contributed by atoms with van der Waals surface area (Å²) in [6.45, 7) is 0. The van der Waals surface area contributed by atoms with Gasteiger partial charge in [-0.2, -0.15) is 0 Å². The van der Waals surface area contributed by atoms with E-state index in [-0.39, 0.29) is 0 Å². The third kappa shape index (κ3) is 1.18. The van der Waals surface area contributed by atoms with Gasteiger partial charge in [-0.25, -0.2) is 4.79 Å². The Morgan fingerprint density at radius 1 is 1.45 bits per heavy atom. The van der Waals surface area contributed by atoms with E-state index in [1.807, 2.05) is 0 Å². The molecule has 0 aliphatic heterocycles. The fourth-order valence-electron chi connectivity index (χ4n) is 0.815. The number of aliphatic carboxylic acids is 1. The maximum Gasteiger partial charge on any atom is 0.342 e. The number of rotatable bonds is 1. The van der Waals surface area contributed by atoms with Crippen molar-refractivity contribution in [2.45, 2.75) is 11.7 Å². The van der Waals surface area contributed by atoms with E-state index in [4.69, 9.17) is 10.2 Å². The summed E-state index contributed by atoms with van der Waals surface area (Å²) in [6.07, 6.45) is 3.74. The minimum Gasteiger partial charge on any atom is -0.479 e. The summed E-state index contributed by atoms with van der Waals surface area (Å²) in [6, 6.07) is 0. The molecule has 4 heteroatoms. The van der Waals surface area contributed by atoms with Gasteiger partial charge in [0.05, 0.1) is 0 Å². The molecule has 0 spiro atoms. The zero-order chi connectivity index (χ0) is 8.48. The van der Waals surface area contributed by atoms with Gasteiger partial charge >= 0.3 is 5.97 Å². The lowest BCUT2D eigenvalue weighted by Gasteiger charge is -2.24. The maximum absolute atomic E-state index is 10.4. The number of hydrogen-bond acceptors (Lipinski definition) is 3. The molecule has 4 nitrogen and oxygen atoms in total. The normalized spacial score (nSPS) is 35.6. The zero-order valence-corrected chi connectivity index (χ0v) is 5.64. The van der Waals surface area contributed by atoms with Gasteiger partial charge in [-0.15, -0.1) is 0 Å². The van der Waals surface area contributed by atoms with Crippen molar-refractivity contribution < 1.29 is 20.1 Å². The van der Waals surface area contributed by atoms with Gasteiger partial charge in [0, 0.05) is 0 Å². The molecule has 0 amide bonds. The average Bonchev–Trinajstić information content (AvgIpc) is 1.95. The van der Waals surface area contributed by atoms with Crippen molar-refractivity contribution in [3.05, 3.63) is 24.3 Å². The van der Waals surface area contributed by atoms with Gasteiger partial charge in [-0.1, -0.05) is 18.2 Å². The van der Waals surface area contributed by atoms with Gasteiger partial charge in [0.1, 0.15) is 6.10 Å². The summed E-state index contributed by atoms with van der Waals surface area (Å²) in [5.74, 6) is -1.45. The van der Waals surface area contributed by atoms with Crippen LogP contribution in [0.5, 0.6) is 0 Å². The largest absolute Gasteiger partial charge is 0.479 e. The van der Waals surface area contributed by atoms with E-state index in [2.05, 4.69) is 0 Å². The summed E-state index contributed by atoms with van der Waals surface area (Å²) in [5.41, 5.74) is -2.16. The van der Waals surface area contributed by atoms with Crippen molar-refractivity contribution in [2.75, 3.05) is 0 Å². The van der Waals surface area contributed by atoms with Crippen LogP contribution in [-0.2, 0) is 4.79 Å². The van der Waals surface area contributed by atoms with Crippen molar-refractivity contribution >= 4 is 5.97 Å². The van der Waals surface area contributed by atoms with Gasteiger partial charge in [-0.3, -0.25) is 0 Å². The first-order valence-corrected chi connectivity index (χ1v) is 3.07. The molecule has 60 valence electrons. The molecule has 1 rings (SSSR count). The maximum atomic E-state index is 10.4. The van der Waals surface area contributed by atoms with E-state index in [1.54, 1.807) is 0 Å². The highest BCUT2D eigenvalue weighted by molar-refractivity contribution is 5.81. The molecule has 3 N–H and O–H groups in total. The van der Waals surface area contributed by atoms with Crippen molar-refractivity contribution in [3.8, 4) is 0 Å². The Kier molecular flexibility index (Phi) is 1.80. The molecular weight excluding hydrogens is 148 g/mol. The molecule has 0 saturated heterocycles. The van der Waals surface area contributed by atoms with Crippen LogP contribution in [0.4, 0.5) is 0 Å². The van der Waals surface area contributed by atoms with E-state index >= 15 is 0 Å². The van der Waals surface area contributed by atoms with Crippen LogP contribution < -0.4 is 0 Å². The number of hydrogen-bond donors (Lipinski definition) is 3. The standard InChI is InChI=1S/C7H8O4/c8-5-3-1-2-4-7(5,11)6(9)10/h1-5,8,11H,(H,9,10)/t5-,7+/m1/s1. The van der Waals surface area contributed by atoms with E-state index in [9.17, 15) is 9.90 Å². The van der Waals surface area contributed by atoms with Crippen LogP contribution >= 0.6 is 0 Å². The number of carboxylic acids is 1. The molecule has 0 saturated carbocycles. The van der Waals surface area contributed by atoms with Gasteiger partial charge in [0.15, 0.2) is 0 Å². The Morgan fingerprint density at radius 3 is 2.45 bits per heavy atom. The molecule has 1 aliphatic rings. The highest BCUT2D eigenvalue weighted by Gasteiger charge is 2.40. The Balaban J connectivity index is 2.94. The third-order valence-electron chi connectivity index (χ3n) is 1.55. The second-order valence-corrected chi connectivity index (χ2v) is 2.32. The van der Waals surface area contributed by atoms with Crippen LogP contribution in [0, 0.1) is 0 Å². The van der Waals surface area contributed by atoms with Crippen molar-refractivity contribution in [2.24, 2.45) is 0 Å².